The normalized spacial score (nSPS) is 15.9. The predicted molar refractivity (Wildman–Crippen MR) is 109 cm³/mol. The van der Waals surface area contributed by atoms with Crippen LogP contribution in [-0.4, -0.2) is 52.0 Å². The largest absolute Gasteiger partial charge is 0.334 e. The van der Waals surface area contributed by atoms with Gasteiger partial charge in [-0.2, -0.15) is 0 Å². The first-order valence-corrected chi connectivity index (χ1v) is 10.4. The number of hydrogen-bond donors (Lipinski definition) is 1. The van der Waals surface area contributed by atoms with Gasteiger partial charge in [0.2, 0.25) is 0 Å². The van der Waals surface area contributed by atoms with E-state index in [9.17, 15) is 19.2 Å². The Kier molecular flexibility index (Phi) is 5.19. The van der Waals surface area contributed by atoms with Gasteiger partial charge in [0.15, 0.2) is 5.78 Å². The number of nitrogens with one attached hydrogen (secondary N) is 1. The number of rotatable bonds is 3. The Hall–Kier alpha value is -3.00. The van der Waals surface area contributed by atoms with Crippen LogP contribution in [0.5, 0.6) is 0 Å². The highest BCUT2D eigenvalue weighted by Gasteiger charge is 2.29. The third-order valence-corrected chi connectivity index (χ3v) is 6.36. The SMILES string of the molecule is CC(=O)c1cc(C(=O)N2CCc3c(c[nH]c(=O)c3C(=O)N3CC=CCC3)C2)cs1. The van der Waals surface area contributed by atoms with Crippen LogP contribution in [0.2, 0.25) is 0 Å². The van der Waals surface area contributed by atoms with Gasteiger partial charge in [-0.05, 0) is 37.0 Å². The highest BCUT2D eigenvalue weighted by atomic mass is 32.1. The molecule has 2 amide bonds. The number of aromatic amines is 1. The fourth-order valence-electron chi connectivity index (χ4n) is 3.77. The number of carbonyl (C=O) groups is 3. The molecule has 7 nitrogen and oxygen atoms in total. The summed E-state index contributed by atoms with van der Waals surface area (Å²) in [4.78, 5) is 56.3. The third-order valence-electron chi connectivity index (χ3n) is 5.33. The molecule has 2 aromatic rings. The summed E-state index contributed by atoms with van der Waals surface area (Å²) in [5.74, 6) is -0.470. The van der Waals surface area contributed by atoms with Crippen LogP contribution in [0.3, 0.4) is 0 Å². The summed E-state index contributed by atoms with van der Waals surface area (Å²) in [5.41, 5.74) is 1.81. The van der Waals surface area contributed by atoms with E-state index in [1.54, 1.807) is 27.4 Å². The van der Waals surface area contributed by atoms with Gasteiger partial charge in [-0.1, -0.05) is 12.2 Å². The zero-order chi connectivity index (χ0) is 20.5. The summed E-state index contributed by atoms with van der Waals surface area (Å²) in [6.07, 6.45) is 6.78. The van der Waals surface area contributed by atoms with Crippen molar-refractivity contribution in [3.63, 3.8) is 0 Å². The first kappa shape index (κ1) is 19.3. The van der Waals surface area contributed by atoms with Gasteiger partial charge < -0.3 is 14.8 Å². The van der Waals surface area contributed by atoms with E-state index in [1.165, 1.54) is 18.3 Å². The van der Waals surface area contributed by atoms with E-state index in [0.29, 0.717) is 43.0 Å². The van der Waals surface area contributed by atoms with Gasteiger partial charge in [-0.15, -0.1) is 11.3 Å². The smallest absolute Gasteiger partial charge is 0.261 e. The Bertz CT molecular complexity index is 1080. The lowest BCUT2D eigenvalue weighted by atomic mass is 9.95. The summed E-state index contributed by atoms with van der Waals surface area (Å²) in [6.45, 7) is 3.31. The van der Waals surface area contributed by atoms with E-state index in [1.807, 2.05) is 12.2 Å². The molecule has 29 heavy (non-hydrogen) atoms. The van der Waals surface area contributed by atoms with Gasteiger partial charge in [-0.3, -0.25) is 19.2 Å². The molecule has 0 spiro atoms. The maximum atomic E-state index is 13.0. The van der Waals surface area contributed by atoms with E-state index < -0.39 is 0 Å². The first-order valence-electron chi connectivity index (χ1n) is 9.52. The maximum absolute atomic E-state index is 13.0. The van der Waals surface area contributed by atoms with Crippen LogP contribution in [-0.2, 0) is 13.0 Å². The van der Waals surface area contributed by atoms with Gasteiger partial charge in [0, 0.05) is 37.8 Å². The van der Waals surface area contributed by atoms with Crippen LogP contribution in [0.15, 0.2) is 34.6 Å². The Morgan fingerprint density at radius 1 is 1.10 bits per heavy atom. The van der Waals surface area contributed by atoms with Crippen LogP contribution in [0, 0.1) is 0 Å². The minimum atomic E-state index is -0.382. The van der Waals surface area contributed by atoms with Crippen molar-refractivity contribution in [1.82, 2.24) is 14.8 Å². The fourth-order valence-corrected chi connectivity index (χ4v) is 4.55. The van der Waals surface area contributed by atoms with Gasteiger partial charge in [0.25, 0.3) is 17.4 Å². The molecule has 0 bridgehead atoms. The molecular weight excluding hydrogens is 390 g/mol. The number of pyridine rings is 1. The molecule has 0 atom stereocenters. The number of nitrogens with zero attached hydrogens (tertiary/aromatic N) is 2. The van der Waals surface area contributed by atoms with E-state index in [0.717, 1.165) is 17.5 Å². The lowest BCUT2D eigenvalue weighted by Crippen LogP contribution is -2.41. The van der Waals surface area contributed by atoms with Crippen molar-refractivity contribution in [2.75, 3.05) is 19.6 Å². The van der Waals surface area contributed by atoms with Crippen molar-refractivity contribution in [3.8, 4) is 0 Å². The van der Waals surface area contributed by atoms with Crippen LogP contribution in [0.4, 0.5) is 0 Å². The zero-order valence-electron chi connectivity index (χ0n) is 16.1. The molecule has 2 aromatic heterocycles. The van der Waals surface area contributed by atoms with E-state index in [-0.39, 0.29) is 28.7 Å². The molecule has 1 N–H and O–H groups in total. The van der Waals surface area contributed by atoms with Crippen molar-refractivity contribution >= 4 is 28.9 Å². The Balaban J connectivity index is 1.59. The number of amides is 2. The van der Waals surface area contributed by atoms with Crippen LogP contribution < -0.4 is 5.56 Å². The quantitative estimate of drug-likeness (QED) is 0.620. The number of aromatic nitrogens is 1. The minimum Gasteiger partial charge on any atom is -0.334 e. The number of ketones is 1. The summed E-state index contributed by atoms with van der Waals surface area (Å²) in [7, 11) is 0. The highest BCUT2D eigenvalue weighted by Crippen LogP contribution is 2.24. The monoisotopic (exact) mass is 411 g/mol. The summed E-state index contributed by atoms with van der Waals surface area (Å²) >= 11 is 1.26. The second kappa shape index (κ2) is 7.79. The molecule has 2 aliphatic heterocycles. The summed E-state index contributed by atoms with van der Waals surface area (Å²) in [5, 5.41) is 1.69. The molecule has 8 heteroatoms. The average Bonchev–Trinajstić information content (AvgIpc) is 3.24. The minimum absolute atomic E-state index is 0.0636. The molecule has 0 saturated carbocycles. The molecule has 0 unspecified atom stereocenters. The molecule has 0 aliphatic carbocycles. The molecule has 0 saturated heterocycles. The van der Waals surface area contributed by atoms with Gasteiger partial charge in [0.1, 0.15) is 5.56 Å². The second-order valence-corrected chi connectivity index (χ2v) is 8.15. The highest BCUT2D eigenvalue weighted by molar-refractivity contribution is 7.12. The predicted octanol–water partition coefficient (Wildman–Crippen LogP) is 2.24. The number of carbonyl (C=O) groups excluding carboxylic acids is 3. The van der Waals surface area contributed by atoms with Crippen LogP contribution in [0.1, 0.15) is 54.9 Å². The molecule has 150 valence electrons. The van der Waals surface area contributed by atoms with Gasteiger partial charge in [0.05, 0.1) is 10.4 Å². The lowest BCUT2D eigenvalue weighted by Gasteiger charge is -2.30. The number of Topliss-reactive ketones (excluding diaryl/α,β-unsaturated/α-hetero) is 1. The maximum Gasteiger partial charge on any atom is 0.261 e. The van der Waals surface area contributed by atoms with Crippen molar-refractivity contribution in [1.29, 1.82) is 0 Å². The number of fused-ring (bicyclic) bond motifs is 1. The standard InChI is InChI=1S/C21H21N3O4S/c1-13(25)17-9-14(12-29-17)20(27)24-8-5-16-15(11-24)10-22-19(26)18(16)21(28)23-6-3-2-4-7-23/h2-3,9-10,12H,4-8,11H2,1H3,(H,22,26). The molecule has 0 radical (unpaired) electrons. The average molecular weight is 411 g/mol. The molecular formula is C21H21N3O4S. The molecule has 2 aliphatic rings. The Morgan fingerprint density at radius 3 is 2.62 bits per heavy atom. The van der Waals surface area contributed by atoms with Gasteiger partial charge >= 0.3 is 0 Å². The van der Waals surface area contributed by atoms with Crippen LogP contribution in [0.25, 0.3) is 0 Å². The number of hydrogen-bond acceptors (Lipinski definition) is 5. The zero-order valence-corrected chi connectivity index (χ0v) is 16.9. The van der Waals surface area contributed by atoms with Gasteiger partial charge in [-0.25, -0.2) is 0 Å². The van der Waals surface area contributed by atoms with E-state index in [4.69, 9.17) is 0 Å². The summed E-state index contributed by atoms with van der Waals surface area (Å²) in [6, 6.07) is 1.62. The molecule has 0 aromatic carbocycles. The number of H-pyrrole nitrogens is 1. The van der Waals surface area contributed by atoms with E-state index >= 15 is 0 Å². The van der Waals surface area contributed by atoms with Crippen molar-refractivity contribution in [2.45, 2.75) is 26.3 Å². The molecule has 4 rings (SSSR count). The topological polar surface area (TPSA) is 90.5 Å². The third kappa shape index (κ3) is 3.67. The second-order valence-electron chi connectivity index (χ2n) is 7.24. The van der Waals surface area contributed by atoms with Crippen LogP contribution >= 0.6 is 11.3 Å². The Morgan fingerprint density at radius 2 is 1.93 bits per heavy atom. The fraction of sp³-hybridized carbons (Fsp3) is 0.333. The van der Waals surface area contributed by atoms with Crippen molar-refractivity contribution < 1.29 is 14.4 Å². The van der Waals surface area contributed by atoms with Crippen molar-refractivity contribution in [2.24, 2.45) is 0 Å². The van der Waals surface area contributed by atoms with Crippen molar-refractivity contribution in [3.05, 3.63) is 67.3 Å². The molecule has 0 fully saturated rings. The Labute approximate surface area is 171 Å². The number of thiophene rings is 1. The summed E-state index contributed by atoms with van der Waals surface area (Å²) < 4.78 is 0. The molecule has 4 heterocycles. The lowest BCUT2D eigenvalue weighted by molar-refractivity contribution is 0.0733. The van der Waals surface area contributed by atoms with E-state index in [2.05, 4.69) is 4.98 Å². The first-order chi connectivity index (χ1) is 14.0.